The van der Waals surface area contributed by atoms with Crippen LogP contribution >= 0.6 is 22.9 Å². The summed E-state index contributed by atoms with van der Waals surface area (Å²) in [5.41, 5.74) is 1.46. The lowest BCUT2D eigenvalue weighted by atomic mass is 10.2. The molecular weight excluding hydrogens is 316 g/mol. The van der Waals surface area contributed by atoms with E-state index in [0.717, 1.165) is 21.2 Å². The molecule has 1 aromatic carbocycles. The van der Waals surface area contributed by atoms with Gasteiger partial charge in [0.1, 0.15) is 0 Å². The molecule has 1 heterocycles. The predicted octanol–water partition coefficient (Wildman–Crippen LogP) is 3.95. The van der Waals surface area contributed by atoms with Gasteiger partial charge in [-0.15, -0.1) is 11.3 Å². The van der Waals surface area contributed by atoms with Gasteiger partial charge in [-0.2, -0.15) is 0 Å². The van der Waals surface area contributed by atoms with Crippen molar-refractivity contribution in [3.63, 3.8) is 0 Å². The molecule has 0 saturated carbocycles. The number of sulfonamides is 1. The molecule has 20 heavy (non-hydrogen) atoms. The number of nitrogens with one attached hydrogen (secondary N) is 2. The second-order valence-corrected chi connectivity index (χ2v) is 7.95. The number of halogens is 1. The molecule has 0 bridgehead atoms. The maximum absolute atomic E-state index is 11.1. The van der Waals surface area contributed by atoms with Crippen molar-refractivity contribution in [3.8, 4) is 0 Å². The smallest absolute Gasteiger partial charge is 0.229 e. The third-order valence-electron chi connectivity index (χ3n) is 2.59. The van der Waals surface area contributed by atoms with Crippen LogP contribution in [-0.2, 0) is 10.0 Å². The molecule has 0 radical (unpaired) electrons. The fraction of sp³-hybridized carbons (Fsp3) is 0.231. The molecule has 7 heteroatoms. The SMILES string of the molecule is CC(Nc1ccc(NS(C)(=O)=O)cc1)c1ccc(Cl)s1. The van der Waals surface area contributed by atoms with Gasteiger partial charge in [0.15, 0.2) is 0 Å². The molecule has 0 aliphatic carbocycles. The maximum atomic E-state index is 11.1. The van der Waals surface area contributed by atoms with E-state index in [0.29, 0.717) is 5.69 Å². The molecule has 4 nitrogen and oxygen atoms in total. The molecule has 2 aromatic rings. The van der Waals surface area contributed by atoms with Gasteiger partial charge in [-0.3, -0.25) is 4.72 Å². The Morgan fingerprint density at radius 2 is 1.70 bits per heavy atom. The van der Waals surface area contributed by atoms with E-state index in [4.69, 9.17) is 11.6 Å². The minimum absolute atomic E-state index is 0.140. The lowest BCUT2D eigenvalue weighted by molar-refractivity contribution is 0.607. The van der Waals surface area contributed by atoms with Crippen molar-refractivity contribution in [3.05, 3.63) is 45.6 Å². The van der Waals surface area contributed by atoms with Gasteiger partial charge in [0.2, 0.25) is 10.0 Å². The summed E-state index contributed by atoms with van der Waals surface area (Å²) in [6.45, 7) is 2.05. The molecule has 0 aliphatic rings. The Balaban J connectivity index is 2.03. The fourth-order valence-corrected chi connectivity index (χ4v) is 3.36. The first kappa shape index (κ1) is 15.2. The summed E-state index contributed by atoms with van der Waals surface area (Å²) in [6, 6.07) is 11.1. The van der Waals surface area contributed by atoms with Gasteiger partial charge < -0.3 is 5.32 Å². The van der Waals surface area contributed by atoms with Gasteiger partial charge >= 0.3 is 0 Å². The Hall–Kier alpha value is -1.24. The summed E-state index contributed by atoms with van der Waals surface area (Å²) in [5.74, 6) is 0. The fourth-order valence-electron chi connectivity index (χ4n) is 1.73. The molecule has 2 N–H and O–H groups in total. The monoisotopic (exact) mass is 330 g/mol. The summed E-state index contributed by atoms with van der Waals surface area (Å²) in [7, 11) is -3.24. The standard InChI is InChI=1S/C13H15ClN2O2S2/c1-9(12-7-8-13(14)19-12)15-10-3-5-11(6-4-10)16-20(2,17)18/h3-9,15-16H,1-2H3. The maximum Gasteiger partial charge on any atom is 0.229 e. The molecule has 1 unspecified atom stereocenters. The number of hydrogen-bond acceptors (Lipinski definition) is 4. The van der Waals surface area contributed by atoms with E-state index in [2.05, 4.69) is 10.0 Å². The molecule has 108 valence electrons. The van der Waals surface area contributed by atoms with Gasteiger partial charge in [0, 0.05) is 16.3 Å². The van der Waals surface area contributed by atoms with Crippen LogP contribution in [0.2, 0.25) is 4.34 Å². The van der Waals surface area contributed by atoms with Gasteiger partial charge in [0.05, 0.1) is 16.6 Å². The summed E-state index contributed by atoms with van der Waals surface area (Å²) in [6.07, 6.45) is 1.13. The largest absolute Gasteiger partial charge is 0.378 e. The molecular formula is C13H15ClN2O2S2. The average molecular weight is 331 g/mol. The zero-order chi connectivity index (χ0) is 14.8. The Kier molecular flexibility index (Phi) is 4.57. The molecule has 0 saturated heterocycles. The quantitative estimate of drug-likeness (QED) is 0.872. The molecule has 1 aromatic heterocycles. The summed E-state index contributed by atoms with van der Waals surface area (Å²) in [4.78, 5) is 1.15. The van der Waals surface area contributed by atoms with Crippen molar-refractivity contribution in [1.82, 2.24) is 0 Å². The highest BCUT2D eigenvalue weighted by molar-refractivity contribution is 7.92. The van der Waals surface area contributed by atoms with E-state index in [1.54, 1.807) is 12.1 Å². The third kappa shape index (κ3) is 4.40. The normalized spacial score (nSPS) is 12.9. The molecule has 1 atom stereocenters. The van der Waals surface area contributed by atoms with Crippen LogP contribution in [0.3, 0.4) is 0 Å². The number of thiophene rings is 1. The van der Waals surface area contributed by atoms with Gasteiger partial charge in [-0.05, 0) is 43.3 Å². The Labute approximate surface area is 127 Å². The number of rotatable bonds is 5. The third-order valence-corrected chi connectivity index (χ3v) is 4.61. The molecule has 0 aliphatic heterocycles. The highest BCUT2D eigenvalue weighted by atomic mass is 35.5. The molecule has 0 spiro atoms. The second-order valence-electron chi connectivity index (χ2n) is 4.46. The van der Waals surface area contributed by atoms with Crippen molar-refractivity contribution in [2.45, 2.75) is 13.0 Å². The van der Waals surface area contributed by atoms with Crippen LogP contribution in [-0.4, -0.2) is 14.7 Å². The van der Waals surface area contributed by atoms with Crippen LogP contribution in [0.4, 0.5) is 11.4 Å². The van der Waals surface area contributed by atoms with E-state index >= 15 is 0 Å². The van der Waals surface area contributed by atoms with E-state index in [1.165, 1.54) is 11.3 Å². The van der Waals surface area contributed by atoms with E-state index < -0.39 is 10.0 Å². The van der Waals surface area contributed by atoms with Crippen molar-refractivity contribution < 1.29 is 8.42 Å². The van der Waals surface area contributed by atoms with Crippen LogP contribution < -0.4 is 10.0 Å². The van der Waals surface area contributed by atoms with E-state index in [-0.39, 0.29) is 6.04 Å². The number of anilines is 2. The number of benzene rings is 1. The Morgan fingerprint density at radius 1 is 1.10 bits per heavy atom. The van der Waals surface area contributed by atoms with Gasteiger partial charge in [-0.1, -0.05) is 11.6 Å². The first-order valence-corrected chi connectivity index (χ1v) is 9.02. The summed E-state index contributed by atoms with van der Waals surface area (Å²) >= 11 is 7.45. The summed E-state index contributed by atoms with van der Waals surface area (Å²) in [5, 5.41) is 3.34. The lowest BCUT2D eigenvalue weighted by Gasteiger charge is -2.14. The van der Waals surface area contributed by atoms with E-state index in [1.807, 2.05) is 31.2 Å². The molecule has 2 rings (SSSR count). The molecule has 0 amide bonds. The molecule has 0 fully saturated rings. The second kappa shape index (κ2) is 6.03. The Morgan fingerprint density at radius 3 is 2.20 bits per heavy atom. The van der Waals surface area contributed by atoms with Crippen molar-refractivity contribution in [2.24, 2.45) is 0 Å². The van der Waals surface area contributed by atoms with Crippen LogP contribution in [0.5, 0.6) is 0 Å². The van der Waals surface area contributed by atoms with Crippen LogP contribution in [0.15, 0.2) is 36.4 Å². The van der Waals surface area contributed by atoms with Crippen LogP contribution in [0.25, 0.3) is 0 Å². The number of hydrogen-bond donors (Lipinski definition) is 2. The van der Waals surface area contributed by atoms with Crippen molar-refractivity contribution in [2.75, 3.05) is 16.3 Å². The minimum Gasteiger partial charge on any atom is -0.378 e. The van der Waals surface area contributed by atoms with Crippen molar-refractivity contribution >= 4 is 44.3 Å². The first-order chi connectivity index (χ1) is 9.33. The van der Waals surface area contributed by atoms with Crippen molar-refractivity contribution in [1.29, 1.82) is 0 Å². The lowest BCUT2D eigenvalue weighted by Crippen LogP contribution is -2.09. The van der Waals surface area contributed by atoms with Gasteiger partial charge in [0.25, 0.3) is 0 Å². The van der Waals surface area contributed by atoms with Crippen LogP contribution in [0.1, 0.15) is 17.8 Å². The Bertz CT molecular complexity index is 681. The highest BCUT2D eigenvalue weighted by Gasteiger charge is 2.08. The predicted molar refractivity (Wildman–Crippen MR) is 86.3 cm³/mol. The van der Waals surface area contributed by atoms with Crippen LogP contribution in [0, 0.1) is 0 Å². The summed E-state index contributed by atoms with van der Waals surface area (Å²) < 4.78 is 25.4. The van der Waals surface area contributed by atoms with Gasteiger partial charge in [-0.25, -0.2) is 8.42 Å². The zero-order valence-corrected chi connectivity index (χ0v) is 13.4. The topological polar surface area (TPSA) is 58.2 Å². The van der Waals surface area contributed by atoms with E-state index in [9.17, 15) is 8.42 Å². The average Bonchev–Trinajstić information content (AvgIpc) is 2.77. The zero-order valence-electron chi connectivity index (χ0n) is 11.1. The minimum atomic E-state index is -3.24. The first-order valence-electron chi connectivity index (χ1n) is 5.93. The highest BCUT2D eigenvalue weighted by Crippen LogP contribution is 2.29.